The molecule has 28 heavy (non-hydrogen) atoms. The van der Waals surface area contributed by atoms with Gasteiger partial charge in [0.1, 0.15) is 0 Å². The van der Waals surface area contributed by atoms with Gasteiger partial charge in [0.15, 0.2) is 5.96 Å². The number of piperazine rings is 1. The summed E-state index contributed by atoms with van der Waals surface area (Å²) in [6.07, 6.45) is 5.36. The topological polar surface area (TPSA) is 69.2 Å². The lowest BCUT2D eigenvalue weighted by Gasteiger charge is -2.61. The molecular weight excluding hydrogens is 469 g/mol. The van der Waals surface area contributed by atoms with Gasteiger partial charge in [0.25, 0.3) is 0 Å². The fourth-order valence-corrected chi connectivity index (χ4v) is 4.78. The number of aliphatic imine (C=N–C) groups is 1. The number of hydrogen-bond acceptors (Lipinski definition) is 4. The predicted molar refractivity (Wildman–Crippen MR) is 123 cm³/mol. The van der Waals surface area contributed by atoms with Crippen molar-refractivity contribution in [2.24, 2.45) is 10.4 Å². The quantitative estimate of drug-likeness (QED) is 0.325. The molecule has 1 amide bonds. The average molecular weight is 507 g/mol. The van der Waals surface area contributed by atoms with Crippen molar-refractivity contribution in [3.63, 3.8) is 0 Å². The minimum atomic E-state index is 0. The minimum absolute atomic E-state index is 0. The summed E-state index contributed by atoms with van der Waals surface area (Å²) in [6, 6.07) is 0.681. The Hall–Kier alpha value is -0.610. The van der Waals surface area contributed by atoms with Crippen LogP contribution in [-0.2, 0) is 9.53 Å². The molecular formula is C20H38IN5O2. The van der Waals surface area contributed by atoms with Crippen molar-refractivity contribution in [3.8, 4) is 0 Å². The van der Waals surface area contributed by atoms with Crippen molar-refractivity contribution < 1.29 is 9.53 Å². The molecule has 3 aliphatic rings. The van der Waals surface area contributed by atoms with Gasteiger partial charge in [0.05, 0.1) is 12.6 Å². The number of rotatable bonds is 6. The van der Waals surface area contributed by atoms with Gasteiger partial charge in [0, 0.05) is 57.3 Å². The third-order valence-electron chi connectivity index (χ3n) is 6.44. The van der Waals surface area contributed by atoms with Gasteiger partial charge in [-0.1, -0.05) is 6.42 Å². The van der Waals surface area contributed by atoms with Crippen LogP contribution in [0.3, 0.4) is 0 Å². The van der Waals surface area contributed by atoms with E-state index in [4.69, 9.17) is 4.74 Å². The molecule has 0 radical (unpaired) electrons. The first kappa shape index (κ1) is 23.7. The van der Waals surface area contributed by atoms with Crippen molar-refractivity contribution in [1.82, 2.24) is 20.4 Å². The summed E-state index contributed by atoms with van der Waals surface area (Å²) in [6.45, 7) is 11.0. The monoisotopic (exact) mass is 507 g/mol. The Morgan fingerprint density at radius 3 is 2.43 bits per heavy atom. The third kappa shape index (κ3) is 5.11. The zero-order valence-corrected chi connectivity index (χ0v) is 20.2. The third-order valence-corrected chi connectivity index (χ3v) is 6.44. The number of guanidine groups is 1. The largest absolute Gasteiger partial charge is 0.378 e. The second-order valence-electron chi connectivity index (χ2n) is 8.50. The summed E-state index contributed by atoms with van der Waals surface area (Å²) in [7, 11) is 1.87. The van der Waals surface area contributed by atoms with Crippen LogP contribution in [0.1, 0.15) is 46.5 Å². The zero-order chi connectivity index (χ0) is 19.4. The predicted octanol–water partition coefficient (Wildman–Crippen LogP) is 1.67. The molecule has 2 N–H and O–H groups in total. The molecule has 0 aromatic rings. The lowest BCUT2D eigenvalue weighted by atomic mass is 9.51. The Kier molecular flexibility index (Phi) is 8.81. The molecule has 1 aliphatic heterocycles. The molecule has 162 valence electrons. The lowest BCUT2D eigenvalue weighted by molar-refractivity contribution is -0.169. The Bertz CT molecular complexity index is 545. The fraction of sp³-hybridized carbons (Fsp3) is 0.900. The van der Waals surface area contributed by atoms with Crippen molar-refractivity contribution in [2.75, 3.05) is 46.4 Å². The Morgan fingerprint density at radius 1 is 1.25 bits per heavy atom. The van der Waals surface area contributed by atoms with E-state index in [9.17, 15) is 4.79 Å². The highest BCUT2D eigenvalue weighted by molar-refractivity contribution is 14.0. The first-order chi connectivity index (χ1) is 13.0. The molecule has 2 unspecified atom stereocenters. The van der Waals surface area contributed by atoms with Crippen LogP contribution in [0, 0.1) is 5.41 Å². The molecule has 3 fully saturated rings. The summed E-state index contributed by atoms with van der Waals surface area (Å²) < 4.78 is 5.97. The smallest absolute Gasteiger partial charge is 0.234 e. The highest BCUT2D eigenvalue weighted by Gasteiger charge is 2.59. The van der Waals surface area contributed by atoms with E-state index in [1.165, 1.54) is 19.3 Å². The van der Waals surface area contributed by atoms with Gasteiger partial charge in [0.2, 0.25) is 5.91 Å². The molecule has 1 spiro atoms. The summed E-state index contributed by atoms with van der Waals surface area (Å²) in [4.78, 5) is 21.1. The molecule has 1 saturated heterocycles. The molecule has 0 aromatic carbocycles. The summed E-state index contributed by atoms with van der Waals surface area (Å²) in [5.74, 6) is 1.12. The Morgan fingerprint density at radius 2 is 1.93 bits per heavy atom. The molecule has 8 heteroatoms. The van der Waals surface area contributed by atoms with Gasteiger partial charge >= 0.3 is 0 Å². The van der Waals surface area contributed by atoms with E-state index in [1.807, 2.05) is 20.9 Å². The van der Waals surface area contributed by atoms with Crippen LogP contribution >= 0.6 is 24.0 Å². The van der Waals surface area contributed by atoms with E-state index < -0.39 is 0 Å². The second kappa shape index (κ2) is 10.4. The number of carbonyl (C=O) groups is 1. The maximum atomic E-state index is 12.0. The fourth-order valence-electron chi connectivity index (χ4n) is 4.78. The van der Waals surface area contributed by atoms with E-state index in [2.05, 4.69) is 32.3 Å². The van der Waals surface area contributed by atoms with Gasteiger partial charge in [-0.2, -0.15) is 0 Å². The van der Waals surface area contributed by atoms with E-state index in [1.54, 1.807) is 0 Å². The number of hydrogen-bond donors (Lipinski definition) is 2. The molecule has 0 aromatic heterocycles. The standard InChI is InChI=1S/C20H37N5O2.HI/c1-5-27-17-13-16(20(17)7-6-8-20)23-19(21-4)25-11-9-24(10-12-25)14-18(26)22-15(2)3;/h15-17H,5-14H2,1-4H3,(H,21,23)(H,22,26);1H. The number of amides is 1. The van der Waals surface area contributed by atoms with Crippen LogP contribution in [0.2, 0.25) is 0 Å². The number of nitrogens with one attached hydrogen (secondary N) is 2. The molecule has 2 aliphatic carbocycles. The van der Waals surface area contributed by atoms with Crippen LogP contribution in [0.5, 0.6) is 0 Å². The maximum absolute atomic E-state index is 12.0. The van der Waals surface area contributed by atoms with Crippen molar-refractivity contribution in [3.05, 3.63) is 0 Å². The Balaban J connectivity index is 0.00000280. The van der Waals surface area contributed by atoms with E-state index in [-0.39, 0.29) is 35.9 Å². The van der Waals surface area contributed by atoms with Crippen LogP contribution in [0.15, 0.2) is 4.99 Å². The van der Waals surface area contributed by atoms with Crippen molar-refractivity contribution in [1.29, 1.82) is 0 Å². The van der Waals surface area contributed by atoms with Crippen LogP contribution < -0.4 is 10.6 Å². The summed E-state index contributed by atoms with van der Waals surface area (Å²) in [5, 5.41) is 6.70. The minimum Gasteiger partial charge on any atom is -0.378 e. The number of ether oxygens (including phenoxy) is 1. The first-order valence-electron chi connectivity index (χ1n) is 10.6. The van der Waals surface area contributed by atoms with Gasteiger partial charge in [-0.05, 0) is 40.0 Å². The molecule has 3 rings (SSSR count). The highest BCUT2D eigenvalue weighted by atomic mass is 127. The molecule has 7 nitrogen and oxygen atoms in total. The van der Waals surface area contributed by atoms with Gasteiger partial charge in [-0.3, -0.25) is 14.7 Å². The highest BCUT2D eigenvalue weighted by Crippen LogP contribution is 2.57. The molecule has 2 atom stereocenters. The second-order valence-corrected chi connectivity index (χ2v) is 8.50. The van der Waals surface area contributed by atoms with Crippen LogP contribution in [0.4, 0.5) is 0 Å². The van der Waals surface area contributed by atoms with Gasteiger partial charge in [-0.15, -0.1) is 24.0 Å². The van der Waals surface area contributed by atoms with Crippen molar-refractivity contribution in [2.45, 2.75) is 64.6 Å². The van der Waals surface area contributed by atoms with E-state index in [0.29, 0.717) is 24.1 Å². The lowest BCUT2D eigenvalue weighted by Crippen LogP contribution is -2.69. The van der Waals surface area contributed by atoms with E-state index in [0.717, 1.165) is 45.2 Å². The molecule has 2 saturated carbocycles. The SMILES string of the molecule is CCOC1CC(NC(=NC)N2CCN(CC(=O)NC(C)C)CC2)C12CCC2.I. The van der Waals surface area contributed by atoms with Crippen LogP contribution in [-0.4, -0.2) is 86.2 Å². The number of nitrogens with zero attached hydrogens (tertiary/aromatic N) is 3. The van der Waals surface area contributed by atoms with Gasteiger partial charge < -0.3 is 20.3 Å². The first-order valence-corrected chi connectivity index (χ1v) is 10.6. The molecule has 1 heterocycles. The number of halogens is 1. The maximum Gasteiger partial charge on any atom is 0.234 e. The average Bonchev–Trinajstić information content (AvgIpc) is 2.56. The number of carbonyl (C=O) groups excluding carboxylic acids is 1. The Labute approximate surface area is 187 Å². The summed E-state index contributed by atoms with van der Waals surface area (Å²) in [5.41, 5.74) is 0.336. The molecule has 0 bridgehead atoms. The van der Waals surface area contributed by atoms with Crippen molar-refractivity contribution >= 4 is 35.8 Å². The normalized spacial score (nSPS) is 27.0. The zero-order valence-electron chi connectivity index (χ0n) is 17.9. The van der Waals surface area contributed by atoms with Gasteiger partial charge in [-0.25, -0.2) is 0 Å². The van der Waals surface area contributed by atoms with Crippen LogP contribution in [0.25, 0.3) is 0 Å². The van der Waals surface area contributed by atoms with E-state index >= 15 is 0 Å². The summed E-state index contributed by atoms with van der Waals surface area (Å²) >= 11 is 0.